The van der Waals surface area contributed by atoms with Crippen molar-refractivity contribution in [2.45, 2.75) is 32.0 Å². The minimum atomic E-state index is -1.90. The standard InChI is InChI=1S/C34H37ClN4O5/c1-24(7-5-12-31(41)37(17-18-40)22-25-8-3-2-4-9-25)34(44)29-20-27(35)13-14-30(29)39(33(34)43)23-26-10-6-11-28(19-26)38-16-15-36-21-32(38)42/h2-11,13-14,19-20,24,36,40,44H,12,15-18,21-23H2,1H3/b7-5+/t24-,34+/m0/s1. The minimum absolute atomic E-state index is 0.0151. The monoisotopic (exact) mass is 616 g/mol. The number of halogens is 1. The largest absolute Gasteiger partial charge is 0.395 e. The van der Waals surface area contributed by atoms with Gasteiger partial charge in [-0.1, -0.05) is 73.1 Å². The fourth-order valence-corrected chi connectivity index (χ4v) is 5.99. The van der Waals surface area contributed by atoms with Crippen LogP contribution in [0.2, 0.25) is 5.02 Å². The maximum atomic E-state index is 14.0. The SMILES string of the molecule is C[C@@H](/C=C/CC(=O)N(CCO)Cc1ccccc1)[C@]1(O)C(=O)N(Cc2cccc(N3CCNCC3=O)c2)c2ccc(Cl)cc21. The van der Waals surface area contributed by atoms with Gasteiger partial charge in [-0.25, -0.2) is 0 Å². The molecule has 1 saturated heterocycles. The summed E-state index contributed by atoms with van der Waals surface area (Å²) in [5.74, 6) is -1.37. The van der Waals surface area contributed by atoms with Crippen molar-refractivity contribution in [2.24, 2.45) is 5.92 Å². The fourth-order valence-electron chi connectivity index (χ4n) is 5.82. The van der Waals surface area contributed by atoms with E-state index < -0.39 is 17.4 Å². The molecule has 10 heteroatoms. The lowest BCUT2D eigenvalue weighted by Crippen LogP contribution is -2.48. The Bertz CT molecular complexity index is 1550. The number of fused-ring (bicyclic) bond motifs is 1. The number of piperazine rings is 1. The van der Waals surface area contributed by atoms with E-state index in [0.29, 0.717) is 35.9 Å². The molecule has 0 unspecified atom stereocenters. The highest BCUT2D eigenvalue weighted by Gasteiger charge is 2.52. The van der Waals surface area contributed by atoms with Crippen molar-refractivity contribution in [1.29, 1.82) is 0 Å². The highest BCUT2D eigenvalue weighted by molar-refractivity contribution is 6.31. The number of carbonyl (C=O) groups excluding carboxylic acids is 3. The van der Waals surface area contributed by atoms with Gasteiger partial charge in [-0.3, -0.25) is 14.4 Å². The third-order valence-electron chi connectivity index (χ3n) is 8.20. The third kappa shape index (κ3) is 6.56. The van der Waals surface area contributed by atoms with E-state index in [1.54, 1.807) is 52.0 Å². The lowest BCUT2D eigenvalue weighted by Gasteiger charge is -2.29. The van der Waals surface area contributed by atoms with Gasteiger partial charge < -0.3 is 30.2 Å². The number of aliphatic hydroxyl groups is 2. The summed E-state index contributed by atoms with van der Waals surface area (Å²) in [5.41, 5.74) is 1.58. The van der Waals surface area contributed by atoms with E-state index in [1.807, 2.05) is 54.6 Å². The van der Waals surface area contributed by atoms with Gasteiger partial charge in [0.1, 0.15) is 0 Å². The molecule has 2 heterocycles. The van der Waals surface area contributed by atoms with Gasteiger partial charge in [-0.2, -0.15) is 0 Å². The van der Waals surface area contributed by atoms with Crippen LogP contribution in [0.25, 0.3) is 0 Å². The molecule has 44 heavy (non-hydrogen) atoms. The lowest BCUT2D eigenvalue weighted by atomic mass is 9.83. The fraction of sp³-hybridized carbons (Fsp3) is 0.324. The molecule has 0 spiro atoms. The zero-order valence-corrected chi connectivity index (χ0v) is 25.4. The number of rotatable bonds is 11. The van der Waals surface area contributed by atoms with Crippen LogP contribution in [0.5, 0.6) is 0 Å². The van der Waals surface area contributed by atoms with E-state index in [4.69, 9.17) is 11.6 Å². The molecule has 2 aliphatic rings. The van der Waals surface area contributed by atoms with Crippen molar-refractivity contribution in [3.8, 4) is 0 Å². The highest BCUT2D eigenvalue weighted by Crippen LogP contribution is 2.46. The quantitative estimate of drug-likeness (QED) is 0.284. The van der Waals surface area contributed by atoms with Crippen LogP contribution in [0.1, 0.15) is 30.0 Å². The Balaban J connectivity index is 1.34. The number of anilines is 2. The molecular formula is C34H37ClN4O5. The van der Waals surface area contributed by atoms with Gasteiger partial charge in [0, 0.05) is 54.8 Å². The Morgan fingerprint density at radius 1 is 1.09 bits per heavy atom. The summed E-state index contributed by atoms with van der Waals surface area (Å²) < 4.78 is 0. The van der Waals surface area contributed by atoms with Gasteiger partial charge in [-0.05, 0) is 41.5 Å². The van der Waals surface area contributed by atoms with E-state index in [2.05, 4.69) is 5.32 Å². The summed E-state index contributed by atoms with van der Waals surface area (Å²) in [6.07, 6.45) is 3.39. The van der Waals surface area contributed by atoms with Crippen LogP contribution in [-0.4, -0.2) is 65.6 Å². The second kappa shape index (κ2) is 13.7. The summed E-state index contributed by atoms with van der Waals surface area (Å²) in [4.78, 5) is 44.3. The second-order valence-electron chi connectivity index (χ2n) is 11.2. The molecule has 3 amide bonds. The van der Waals surface area contributed by atoms with Crippen LogP contribution in [0, 0.1) is 5.92 Å². The van der Waals surface area contributed by atoms with Crippen LogP contribution in [0.4, 0.5) is 11.4 Å². The number of carbonyl (C=O) groups is 3. The first-order valence-corrected chi connectivity index (χ1v) is 15.1. The lowest BCUT2D eigenvalue weighted by molar-refractivity contribution is -0.139. The average Bonchev–Trinajstić information content (AvgIpc) is 3.23. The molecule has 1 fully saturated rings. The number of aliphatic hydroxyl groups excluding tert-OH is 1. The van der Waals surface area contributed by atoms with Crippen LogP contribution in [-0.2, 0) is 33.1 Å². The summed E-state index contributed by atoms with van der Waals surface area (Å²) in [5, 5.41) is 25.0. The number of benzene rings is 3. The van der Waals surface area contributed by atoms with Gasteiger partial charge in [0.15, 0.2) is 5.60 Å². The van der Waals surface area contributed by atoms with Crippen molar-refractivity contribution >= 4 is 40.7 Å². The number of hydrogen-bond donors (Lipinski definition) is 3. The topological polar surface area (TPSA) is 113 Å². The first-order chi connectivity index (χ1) is 21.2. The molecule has 0 aromatic heterocycles. The van der Waals surface area contributed by atoms with E-state index in [0.717, 1.165) is 16.8 Å². The Morgan fingerprint density at radius 3 is 2.61 bits per heavy atom. The van der Waals surface area contributed by atoms with E-state index >= 15 is 0 Å². The molecule has 9 nitrogen and oxygen atoms in total. The average molecular weight is 617 g/mol. The predicted octanol–water partition coefficient (Wildman–Crippen LogP) is 3.61. The van der Waals surface area contributed by atoms with E-state index in [-0.39, 0.29) is 44.5 Å². The number of amides is 3. The minimum Gasteiger partial charge on any atom is -0.395 e. The molecule has 3 aromatic rings. The molecule has 0 radical (unpaired) electrons. The van der Waals surface area contributed by atoms with Crippen molar-refractivity contribution in [3.63, 3.8) is 0 Å². The molecule has 0 bridgehead atoms. The van der Waals surface area contributed by atoms with Crippen molar-refractivity contribution in [1.82, 2.24) is 10.2 Å². The first kappa shape index (κ1) is 31.4. The Hall–Kier alpha value is -4.02. The normalized spacial score (nSPS) is 19.0. The van der Waals surface area contributed by atoms with Crippen LogP contribution in [0.3, 0.4) is 0 Å². The van der Waals surface area contributed by atoms with Gasteiger partial charge in [0.05, 0.1) is 25.4 Å². The van der Waals surface area contributed by atoms with Crippen LogP contribution >= 0.6 is 11.6 Å². The maximum Gasteiger partial charge on any atom is 0.264 e. The Kier molecular flexibility index (Phi) is 9.80. The number of hydrogen-bond acceptors (Lipinski definition) is 6. The van der Waals surface area contributed by atoms with Gasteiger partial charge in [0.25, 0.3) is 5.91 Å². The molecule has 2 aliphatic heterocycles. The van der Waals surface area contributed by atoms with Crippen molar-refractivity contribution in [3.05, 3.63) is 107 Å². The first-order valence-electron chi connectivity index (χ1n) is 14.8. The summed E-state index contributed by atoms with van der Waals surface area (Å²) in [6.45, 7) is 3.87. The summed E-state index contributed by atoms with van der Waals surface area (Å²) in [7, 11) is 0. The summed E-state index contributed by atoms with van der Waals surface area (Å²) >= 11 is 6.34. The Labute approximate surface area is 262 Å². The highest BCUT2D eigenvalue weighted by atomic mass is 35.5. The number of nitrogens with one attached hydrogen (secondary N) is 1. The molecule has 3 aromatic carbocycles. The zero-order valence-electron chi connectivity index (χ0n) is 24.7. The molecule has 0 saturated carbocycles. The Morgan fingerprint density at radius 2 is 1.86 bits per heavy atom. The number of nitrogens with zero attached hydrogens (tertiary/aromatic N) is 3. The van der Waals surface area contributed by atoms with Gasteiger partial charge in [-0.15, -0.1) is 0 Å². The predicted molar refractivity (Wildman–Crippen MR) is 170 cm³/mol. The molecule has 230 valence electrons. The maximum absolute atomic E-state index is 14.0. The van der Waals surface area contributed by atoms with Crippen LogP contribution < -0.4 is 15.1 Å². The smallest absolute Gasteiger partial charge is 0.264 e. The van der Waals surface area contributed by atoms with Crippen LogP contribution in [0.15, 0.2) is 84.9 Å². The van der Waals surface area contributed by atoms with Crippen molar-refractivity contribution < 1.29 is 24.6 Å². The molecule has 3 N–H and O–H groups in total. The third-order valence-corrected chi connectivity index (χ3v) is 8.43. The molecule has 0 aliphatic carbocycles. The second-order valence-corrected chi connectivity index (χ2v) is 11.6. The molecule has 5 rings (SSSR count). The van der Waals surface area contributed by atoms with E-state index in [1.165, 1.54) is 0 Å². The molecular weight excluding hydrogens is 580 g/mol. The molecule has 2 atom stereocenters. The summed E-state index contributed by atoms with van der Waals surface area (Å²) in [6, 6.07) is 22.1. The van der Waals surface area contributed by atoms with E-state index in [9.17, 15) is 24.6 Å². The van der Waals surface area contributed by atoms with Gasteiger partial charge >= 0.3 is 0 Å². The van der Waals surface area contributed by atoms with Gasteiger partial charge in [0.2, 0.25) is 11.8 Å². The zero-order chi connectivity index (χ0) is 31.3. The van der Waals surface area contributed by atoms with Crippen molar-refractivity contribution in [2.75, 3.05) is 42.6 Å².